The lowest BCUT2D eigenvalue weighted by molar-refractivity contribution is -0.117. The van der Waals surface area contributed by atoms with Gasteiger partial charge in [0, 0.05) is 49.8 Å². The first kappa shape index (κ1) is 18.3. The average Bonchev–Trinajstić information content (AvgIpc) is 3.30. The van der Waals surface area contributed by atoms with Crippen LogP contribution in [0.4, 0.5) is 21.8 Å². The highest BCUT2D eigenvalue weighted by atomic mass is 19.1. The summed E-state index contributed by atoms with van der Waals surface area (Å²) in [7, 11) is 1.83. The van der Waals surface area contributed by atoms with Crippen LogP contribution >= 0.6 is 0 Å². The molecule has 1 amide bonds. The quantitative estimate of drug-likeness (QED) is 0.777. The highest BCUT2D eigenvalue weighted by Crippen LogP contribution is 2.60. The van der Waals surface area contributed by atoms with Crippen molar-refractivity contribution in [3.63, 3.8) is 0 Å². The topological polar surface area (TPSA) is 79.2 Å². The van der Waals surface area contributed by atoms with Gasteiger partial charge in [-0.25, -0.2) is 9.37 Å². The van der Waals surface area contributed by atoms with Crippen LogP contribution in [0.25, 0.3) is 0 Å². The molecule has 0 aromatic carbocycles. The van der Waals surface area contributed by atoms with Gasteiger partial charge in [0.2, 0.25) is 12.4 Å². The molecular weight excluding hydrogens is 373 g/mol. The Hall–Kier alpha value is -2.71. The van der Waals surface area contributed by atoms with Crippen molar-refractivity contribution in [2.45, 2.75) is 32.7 Å². The molecule has 2 aromatic rings. The number of aromatic nitrogens is 4. The molecule has 154 valence electrons. The maximum atomic E-state index is 14.9. The Labute approximate surface area is 169 Å². The van der Waals surface area contributed by atoms with Gasteiger partial charge in [0.05, 0.1) is 18.1 Å². The fourth-order valence-electron chi connectivity index (χ4n) is 5.50. The molecule has 1 saturated carbocycles. The highest BCUT2D eigenvalue weighted by Gasteiger charge is 2.66. The third-order valence-electron chi connectivity index (χ3n) is 7.15. The number of fused-ring (bicyclic) bond motifs is 1. The molecule has 0 bridgehead atoms. The smallest absolute Gasteiger partial charge is 0.229 e. The van der Waals surface area contributed by atoms with E-state index in [1.807, 2.05) is 18.1 Å². The van der Waals surface area contributed by atoms with Gasteiger partial charge in [-0.05, 0) is 18.8 Å². The second kappa shape index (κ2) is 6.14. The van der Waals surface area contributed by atoms with Gasteiger partial charge >= 0.3 is 0 Å². The zero-order valence-corrected chi connectivity index (χ0v) is 17.0. The Balaban J connectivity index is 1.50. The summed E-state index contributed by atoms with van der Waals surface area (Å²) in [5, 5.41) is 7.23. The highest BCUT2D eigenvalue weighted by molar-refractivity contribution is 5.56. The van der Waals surface area contributed by atoms with Crippen LogP contribution in [0.2, 0.25) is 0 Å². The van der Waals surface area contributed by atoms with Gasteiger partial charge in [0.15, 0.2) is 11.6 Å². The number of nitrogens with one attached hydrogen (secondary N) is 1. The van der Waals surface area contributed by atoms with Crippen molar-refractivity contribution in [2.75, 3.05) is 29.9 Å². The van der Waals surface area contributed by atoms with E-state index in [0.717, 1.165) is 24.9 Å². The standard InChI is InChI=1S/C20H26FN7O/c1-19-9-27(12-29)11-20(19,2)16(13-4-5-13)28(10-19)17-15(21)7-22-18(25-17)24-14-6-23-26(3)8-14/h6-8,12-13,16H,4-5,9-11H2,1-3H3,(H,22,24,25)/t16?,19-,20-/m1/s1. The minimum absolute atomic E-state index is 0.0938. The van der Waals surface area contributed by atoms with Gasteiger partial charge in [-0.3, -0.25) is 9.48 Å². The first-order valence-corrected chi connectivity index (χ1v) is 10.1. The number of nitrogens with zero attached hydrogens (tertiary/aromatic N) is 6. The largest absolute Gasteiger partial charge is 0.349 e. The number of carbonyl (C=O) groups is 1. The molecule has 0 spiro atoms. The van der Waals surface area contributed by atoms with Crippen LogP contribution in [-0.2, 0) is 11.8 Å². The summed E-state index contributed by atoms with van der Waals surface area (Å²) < 4.78 is 16.6. The van der Waals surface area contributed by atoms with Crippen molar-refractivity contribution in [1.29, 1.82) is 0 Å². The lowest BCUT2D eigenvalue weighted by Crippen LogP contribution is -2.45. The van der Waals surface area contributed by atoms with Crippen LogP contribution in [0.15, 0.2) is 18.6 Å². The van der Waals surface area contributed by atoms with Crippen molar-refractivity contribution < 1.29 is 9.18 Å². The summed E-state index contributed by atoms with van der Waals surface area (Å²) in [6, 6.07) is 0.160. The first-order chi connectivity index (χ1) is 13.8. The minimum Gasteiger partial charge on any atom is -0.349 e. The van der Waals surface area contributed by atoms with Crippen LogP contribution < -0.4 is 10.2 Å². The Morgan fingerprint density at radius 2 is 2.03 bits per heavy atom. The third kappa shape index (κ3) is 2.78. The SMILES string of the molecule is Cn1cc(Nc2ncc(F)c(N3C[C@@]4(C)CN(C=O)C[C@]4(C)C3C3CC3)n2)cn1. The number of amides is 1. The molecule has 2 saturated heterocycles. The summed E-state index contributed by atoms with van der Waals surface area (Å²) in [5.74, 6) is 0.799. The van der Waals surface area contributed by atoms with E-state index < -0.39 is 5.82 Å². The monoisotopic (exact) mass is 399 g/mol. The summed E-state index contributed by atoms with van der Waals surface area (Å²) in [6.45, 7) is 6.56. The van der Waals surface area contributed by atoms with Crippen LogP contribution in [-0.4, -0.2) is 56.7 Å². The second-order valence-electron chi connectivity index (χ2n) is 9.29. The van der Waals surface area contributed by atoms with E-state index in [9.17, 15) is 9.18 Å². The number of aryl methyl sites for hydroxylation is 1. The maximum absolute atomic E-state index is 14.9. The number of anilines is 3. The van der Waals surface area contributed by atoms with Gasteiger partial charge in [-0.1, -0.05) is 13.8 Å². The fraction of sp³-hybridized carbons (Fsp3) is 0.600. The molecule has 3 atom stereocenters. The Morgan fingerprint density at radius 3 is 2.69 bits per heavy atom. The van der Waals surface area contributed by atoms with Crippen molar-refractivity contribution in [2.24, 2.45) is 23.8 Å². The molecule has 5 rings (SSSR count). The molecule has 2 aliphatic heterocycles. The van der Waals surface area contributed by atoms with Crippen molar-refractivity contribution in [3.05, 3.63) is 24.4 Å². The van der Waals surface area contributed by atoms with Crippen LogP contribution in [0.3, 0.4) is 0 Å². The van der Waals surface area contributed by atoms with Gasteiger partial charge in [0.1, 0.15) is 0 Å². The molecule has 1 N–H and O–H groups in total. The molecule has 29 heavy (non-hydrogen) atoms. The number of carbonyl (C=O) groups excluding carboxylic acids is 1. The molecule has 0 radical (unpaired) electrons. The van der Waals surface area contributed by atoms with E-state index in [2.05, 4.69) is 39.1 Å². The fourth-order valence-corrected chi connectivity index (χ4v) is 5.50. The number of hydrogen-bond acceptors (Lipinski definition) is 6. The first-order valence-electron chi connectivity index (χ1n) is 10.1. The number of likely N-dealkylation sites (tertiary alicyclic amines) is 1. The number of hydrogen-bond donors (Lipinski definition) is 1. The van der Waals surface area contributed by atoms with Gasteiger partial charge in [0.25, 0.3) is 0 Å². The Kier molecular flexibility index (Phi) is 3.88. The van der Waals surface area contributed by atoms with Crippen LogP contribution in [0, 0.1) is 22.6 Å². The predicted molar refractivity (Wildman–Crippen MR) is 106 cm³/mol. The van der Waals surface area contributed by atoms with Crippen LogP contribution in [0.5, 0.6) is 0 Å². The zero-order valence-electron chi connectivity index (χ0n) is 17.0. The van der Waals surface area contributed by atoms with E-state index in [0.29, 0.717) is 37.3 Å². The maximum Gasteiger partial charge on any atom is 0.229 e. The second-order valence-corrected chi connectivity index (χ2v) is 9.29. The van der Waals surface area contributed by atoms with Gasteiger partial charge < -0.3 is 15.1 Å². The lowest BCUT2D eigenvalue weighted by Gasteiger charge is -2.37. The summed E-state index contributed by atoms with van der Waals surface area (Å²) in [4.78, 5) is 24.1. The van der Waals surface area contributed by atoms with E-state index in [4.69, 9.17) is 0 Å². The van der Waals surface area contributed by atoms with E-state index >= 15 is 0 Å². The minimum atomic E-state index is -0.410. The van der Waals surface area contributed by atoms with Gasteiger partial charge in [-0.15, -0.1) is 0 Å². The summed E-state index contributed by atoms with van der Waals surface area (Å²) in [5.41, 5.74) is 0.557. The van der Waals surface area contributed by atoms with Crippen molar-refractivity contribution in [3.8, 4) is 0 Å². The summed E-state index contributed by atoms with van der Waals surface area (Å²) in [6.07, 6.45) is 7.96. The molecule has 1 unspecified atom stereocenters. The molecule has 2 aromatic heterocycles. The molecule has 4 heterocycles. The van der Waals surface area contributed by atoms with E-state index in [-0.39, 0.29) is 16.9 Å². The van der Waals surface area contributed by atoms with Crippen molar-refractivity contribution in [1.82, 2.24) is 24.6 Å². The number of halogens is 1. The van der Waals surface area contributed by atoms with Crippen LogP contribution in [0.1, 0.15) is 26.7 Å². The van der Waals surface area contributed by atoms with Crippen molar-refractivity contribution >= 4 is 23.9 Å². The van der Waals surface area contributed by atoms with E-state index in [1.165, 1.54) is 6.20 Å². The number of rotatable bonds is 5. The predicted octanol–water partition coefficient (Wildman–Crippen LogP) is 2.18. The Bertz CT molecular complexity index is 960. The third-order valence-corrected chi connectivity index (χ3v) is 7.15. The van der Waals surface area contributed by atoms with E-state index in [1.54, 1.807) is 10.9 Å². The summed E-state index contributed by atoms with van der Waals surface area (Å²) >= 11 is 0. The molecular formula is C20H26FN7O. The molecule has 9 heteroatoms. The normalized spacial score (nSPS) is 31.2. The van der Waals surface area contributed by atoms with Gasteiger partial charge in [-0.2, -0.15) is 10.1 Å². The molecule has 8 nitrogen and oxygen atoms in total. The Morgan fingerprint density at radius 1 is 1.24 bits per heavy atom. The zero-order chi connectivity index (χ0) is 20.4. The average molecular weight is 399 g/mol. The lowest BCUT2D eigenvalue weighted by atomic mass is 9.66. The molecule has 3 fully saturated rings. The molecule has 1 aliphatic carbocycles. The molecule has 3 aliphatic rings.